The Hall–Kier alpha value is -2.80. The molecule has 0 aromatic heterocycles. The molecule has 1 saturated carbocycles. The molecule has 1 atom stereocenters. The predicted molar refractivity (Wildman–Crippen MR) is 153 cm³/mol. The molecule has 38 heavy (non-hydrogen) atoms. The molecule has 2 aromatic carbocycles. The van der Waals surface area contributed by atoms with Gasteiger partial charge in [-0.1, -0.05) is 99.8 Å². The first-order chi connectivity index (χ1) is 18.4. The lowest BCUT2D eigenvalue weighted by Gasteiger charge is -2.22. The van der Waals surface area contributed by atoms with Crippen LogP contribution in [0.25, 0.3) is 11.1 Å². The smallest absolute Gasteiger partial charge is 0.407 e. The molecule has 0 spiro atoms. The summed E-state index contributed by atoms with van der Waals surface area (Å²) in [4.78, 5) is 37.8. The van der Waals surface area contributed by atoms with E-state index in [0.717, 1.165) is 61.8 Å². The average molecular weight is 537 g/mol. The molecule has 4 rings (SSSR count). The van der Waals surface area contributed by atoms with Crippen molar-refractivity contribution < 1.29 is 19.1 Å². The SMILES string of the molecule is CC(C)C(=O)SCCCCC[C@H](NC(=O)OCC1c2ccccc2-c2ccccc21)C(=O)NC1CCCC1. The van der Waals surface area contributed by atoms with E-state index in [-0.39, 0.29) is 35.5 Å². The highest BCUT2D eigenvalue weighted by molar-refractivity contribution is 8.13. The number of rotatable bonds is 12. The van der Waals surface area contributed by atoms with Gasteiger partial charge in [-0.2, -0.15) is 0 Å². The van der Waals surface area contributed by atoms with Gasteiger partial charge in [0.15, 0.2) is 5.12 Å². The first-order valence-electron chi connectivity index (χ1n) is 14.0. The Bertz CT molecular complexity index is 1070. The number of carbonyl (C=O) groups is 3. The summed E-state index contributed by atoms with van der Waals surface area (Å²) in [6, 6.07) is 16.0. The molecule has 0 radical (unpaired) electrons. The zero-order chi connectivity index (χ0) is 26.9. The largest absolute Gasteiger partial charge is 0.449 e. The third-order valence-corrected chi connectivity index (χ3v) is 8.76. The topological polar surface area (TPSA) is 84.5 Å². The number of benzene rings is 2. The van der Waals surface area contributed by atoms with Crippen molar-refractivity contribution >= 4 is 28.9 Å². The van der Waals surface area contributed by atoms with Crippen molar-refractivity contribution in [1.82, 2.24) is 10.6 Å². The summed E-state index contributed by atoms with van der Waals surface area (Å²) in [5.74, 6) is 0.681. The Morgan fingerprint density at radius 2 is 1.55 bits per heavy atom. The van der Waals surface area contributed by atoms with Crippen LogP contribution in [0, 0.1) is 5.92 Å². The van der Waals surface area contributed by atoms with Gasteiger partial charge in [0.1, 0.15) is 12.6 Å². The molecule has 2 N–H and O–H groups in total. The fraction of sp³-hybridized carbons (Fsp3) is 0.516. The summed E-state index contributed by atoms with van der Waals surface area (Å²) in [5, 5.41) is 6.20. The molecule has 6 nitrogen and oxygen atoms in total. The number of hydrogen-bond donors (Lipinski definition) is 2. The van der Waals surface area contributed by atoms with Crippen LogP contribution in [0.3, 0.4) is 0 Å². The van der Waals surface area contributed by atoms with Gasteiger partial charge in [-0.15, -0.1) is 0 Å². The van der Waals surface area contributed by atoms with Crippen molar-refractivity contribution in [3.8, 4) is 11.1 Å². The van der Waals surface area contributed by atoms with Crippen LogP contribution in [0.4, 0.5) is 4.79 Å². The second-order valence-corrected chi connectivity index (χ2v) is 11.8. The number of nitrogens with one attached hydrogen (secondary N) is 2. The van der Waals surface area contributed by atoms with Gasteiger partial charge in [0.25, 0.3) is 0 Å². The molecule has 0 unspecified atom stereocenters. The number of hydrogen-bond acceptors (Lipinski definition) is 5. The standard InChI is InChI=1S/C31H40N2O4S/c1-21(2)30(35)38-19-11-3-4-18-28(29(34)32-22-12-5-6-13-22)33-31(36)37-20-27-25-16-9-7-14-23(25)24-15-8-10-17-26(24)27/h7-10,14-17,21-22,27-28H,3-6,11-13,18-20H2,1-2H3,(H,32,34)(H,33,36)/t28-/m0/s1. The van der Waals surface area contributed by atoms with Gasteiger partial charge in [-0.05, 0) is 47.9 Å². The average Bonchev–Trinajstić information content (AvgIpc) is 3.54. The van der Waals surface area contributed by atoms with Crippen LogP contribution in [-0.2, 0) is 14.3 Å². The number of thioether (sulfide) groups is 1. The summed E-state index contributed by atoms with van der Waals surface area (Å²) in [7, 11) is 0. The van der Waals surface area contributed by atoms with Crippen LogP contribution in [0.15, 0.2) is 48.5 Å². The normalized spacial score (nSPS) is 15.7. The number of carbonyl (C=O) groups excluding carboxylic acids is 3. The van der Waals surface area contributed by atoms with Crippen molar-refractivity contribution in [2.24, 2.45) is 5.92 Å². The van der Waals surface area contributed by atoms with E-state index in [1.54, 1.807) is 0 Å². The Morgan fingerprint density at radius 3 is 2.18 bits per heavy atom. The van der Waals surface area contributed by atoms with E-state index in [2.05, 4.69) is 34.9 Å². The highest BCUT2D eigenvalue weighted by Gasteiger charge is 2.30. The lowest BCUT2D eigenvalue weighted by atomic mass is 9.98. The number of ether oxygens (including phenoxy) is 1. The van der Waals surface area contributed by atoms with Gasteiger partial charge in [0.2, 0.25) is 5.91 Å². The van der Waals surface area contributed by atoms with Gasteiger partial charge < -0.3 is 15.4 Å². The van der Waals surface area contributed by atoms with Crippen LogP contribution in [-0.4, -0.2) is 41.6 Å². The number of alkyl carbamates (subject to hydrolysis) is 1. The second-order valence-electron chi connectivity index (χ2n) is 10.7. The molecule has 0 saturated heterocycles. The van der Waals surface area contributed by atoms with Crippen molar-refractivity contribution in [2.75, 3.05) is 12.4 Å². The van der Waals surface area contributed by atoms with Gasteiger partial charge in [-0.25, -0.2) is 4.79 Å². The Labute approximate surface area is 230 Å². The van der Waals surface area contributed by atoms with E-state index in [4.69, 9.17) is 4.74 Å². The molecule has 204 valence electrons. The highest BCUT2D eigenvalue weighted by atomic mass is 32.2. The fourth-order valence-corrected chi connectivity index (χ4v) is 6.27. The third kappa shape index (κ3) is 7.40. The van der Waals surface area contributed by atoms with Crippen LogP contribution in [0.1, 0.15) is 82.3 Å². The molecule has 2 amide bonds. The van der Waals surface area contributed by atoms with Gasteiger partial charge in [-0.3, -0.25) is 9.59 Å². The van der Waals surface area contributed by atoms with Gasteiger partial charge in [0.05, 0.1) is 0 Å². The summed E-state index contributed by atoms with van der Waals surface area (Å²) in [5.41, 5.74) is 4.68. The zero-order valence-corrected chi connectivity index (χ0v) is 23.4. The molecule has 1 fully saturated rings. The maximum absolute atomic E-state index is 13.1. The molecule has 2 aliphatic rings. The van der Waals surface area contributed by atoms with Crippen LogP contribution < -0.4 is 10.6 Å². The van der Waals surface area contributed by atoms with Gasteiger partial charge in [0, 0.05) is 23.6 Å². The summed E-state index contributed by atoms with van der Waals surface area (Å²) >= 11 is 1.38. The van der Waals surface area contributed by atoms with E-state index in [9.17, 15) is 14.4 Å². The second kappa shape index (κ2) is 13.8. The molecule has 0 aliphatic heterocycles. The maximum atomic E-state index is 13.1. The van der Waals surface area contributed by atoms with Crippen LogP contribution in [0.2, 0.25) is 0 Å². The first-order valence-corrected chi connectivity index (χ1v) is 15.0. The zero-order valence-electron chi connectivity index (χ0n) is 22.5. The van der Waals surface area contributed by atoms with E-state index < -0.39 is 12.1 Å². The number of unbranched alkanes of at least 4 members (excludes halogenated alkanes) is 2. The quantitative estimate of drug-likeness (QED) is 0.306. The van der Waals surface area contributed by atoms with Crippen molar-refractivity contribution in [3.05, 3.63) is 59.7 Å². The lowest BCUT2D eigenvalue weighted by molar-refractivity contribution is -0.124. The Morgan fingerprint density at radius 1 is 0.921 bits per heavy atom. The third-order valence-electron chi connectivity index (χ3n) is 7.51. The van der Waals surface area contributed by atoms with E-state index in [1.165, 1.54) is 22.9 Å². The molecule has 2 aromatic rings. The van der Waals surface area contributed by atoms with Crippen LogP contribution >= 0.6 is 11.8 Å². The Kier molecular flexibility index (Phi) is 10.3. The minimum atomic E-state index is -0.629. The number of amides is 2. The molecular weight excluding hydrogens is 496 g/mol. The number of fused-ring (bicyclic) bond motifs is 3. The molecule has 7 heteroatoms. The predicted octanol–water partition coefficient (Wildman–Crippen LogP) is 6.43. The van der Waals surface area contributed by atoms with Crippen LogP contribution in [0.5, 0.6) is 0 Å². The fourth-order valence-electron chi connectivity index (χ4n) is 5.39. The molecule has 0 bridgehead atoms. The maximum Gasteiger partial charge on any atom is 0.407 e. The molecule has 0 heterocycles. The van der Waals surface area contributed by atoms with Crippen molar-refractivity contribution in [3.63, 3.8) is 0 Å². The minimum Gasteiger partial charge on any atom is -0.449 e. The van der Waals surface area contributed by atoms with Crippen molar-refractivity contribution in [2.45, 2.75) is 83.2 Å². The molecule has 2 aliphatic carbocycles. The Balaban J connectivity index is 1.30. The van der Waals surface area contributed by atoms with E-state index in [1.807, 2.05) is 38.1 Å². The summed E-state index contributed by atoms with van der Waals surface area (Å²) < 4.78 is 5.71. The van der Waals surface area contributed by atoms with E-state index >= 15 is 0 Å². The molecular formula is C31H40N2O4S. The summed E-state index contributed by atoms with van der Waals surface area (Å²) in [6.45, 7) is 4.05. The minimum absolute atomic E-state index is 0.0232. The monoisotopic (exact) mass is 536 g/mol. The van der Waals surface area contributed by atoms with E-state index in [0.29, 0.717) is 6.42 Å². The van der Waals surface area contributed by atoms with Gasteiger partial charge >= 0.3 is 6.09 Å². The van der Waals surface area contributed by atoms with Crippen molar-refractivity contribution in [1.29, 1.82) is 0 Å². The highest BCUT2D eigenvalue weighted by Crippen LogP contribution is 2.44. The summed E-state index contributed by atoms with van der Waals surface area (Å²) in [6.07, 6.45) is 6.83. The first kappa shape index (κ1) is 28.2. The lowest BCUT2D eigenvalue weighted by Crippen LogP contribution is -2.49.